The number of aliphatic hydroxyl groups is 1. The molecule has 1 aliphatic rings. The third-order valence-electron chi connectivity index (χ3n) is 6.70. The van der Waals surface area contributed by atoms with E-state index in [2.05, 4.69) is 20.5 Å². The second-order valence-electron chi connectivity index (χ2n) is 9.78. The van der Waals surface area contributed by atoms with Gasteiger partial charge in [0.25, 0.3) is 0 Å². The smallest absolute Gasteiger partial charge is 0.303 e. The number of benzene rings is 2. The van der Waals surface area contributed by atoms with E-state index in [9.17, 15) is 14.7 Å². The van der Waals surface area contributed by atoms with E-state index in [1.807, 2.05) is 48.5 Å². The molecular weight excluding hydrogens is 532 g/mol. The first-order valence-electron chi connectivity index (χ1n) is 13.6. The maximum atomic E-state index is 12.2. The summed E-state index contributed by atoms with van der Waals surface area (Å²) in [5, 5.41) is 28.5. The van der Waals surface area contributed by atoms with Crippen LogP contribution in [0.15, 0.2) is 60.0 Å². The molecule has 1 saturated heterocycles. The molecule has 1 amide bonds. The molecule has 4 rings (SSSR count). The van der Waals surface area contributed by atoms with Crippen LogP contribution in [0.1, 0.15) is 79.6 Å². The van der Waals surface area contributed by atoms with Crippen molar-refractivity contribution >= 4 is 23.6 Å². The third-order valence-corrected chi connectivity index (χ3v) is 7.71. The van der Waals surface area contributed by atoms with Crippen LogP contribution in [0.3, 0.4) is 0 Å². The summed E-state index contributed by atoms with van der Waals surface area (Å²) in [6.45, 7) is 0.427. The van der Waals surface area contributed by atoms with Crippen molar-refractivity contribution in [2.45, 2.75) is 81.8 Å². The van der Waals surface area contributed by atoms with Crippen molar-refractivity contribution in [2.24, 2.45) is 0 Å². The van der Waals surface area contributed by atoms with Crippen LogP contribution in [-0.4, -0.2) is 49.1 Å². The number of thioether (sulfide) groups is 1. The highest BCUT2D eigenvalue weighted by atomic mass is 32.2. The Kier molecular flexibility index (Phi) is 11.5. The van der Waals surface area contributed by atoms with Gasteiger partial charge in [0.15, 0.2) is 11.4 Å². The fourth-order valence-corrected chi connectivity index (χ4v) is 5.25. The van der Waals surface area contributed by atoms with Gasteiger partial charge in [-0.05, 0) is 29.5 Å². The van der Waals surface area contributed by atoms with Gasteiger partial charge in [0, 0.05) is 37.1 Å². The van der Waals surface area contributed by atoms with Gasteiger partial charge in [-0.25, -0.2) is 4.98 Å². The Bertz CT molecular complexity index is 1190. The molecule has 0 aliphatic carbocycles. The number of amides is 1. The number of aromatic nitrogens is 3. The second kappa shape index (κ2) is 15.5. The van der Waals surface area contributed by atoms with Crippen LogP contribution in [0.5, 0.6) is 0 Å². The SMILES string of the molecule is O=C(O)CCCCCCC(=O)NCc1ccc([C@H]2O[C@@H](CSc3ncn[nH]3)C[C@@H](c3ccc(CO)cc3)O2)cc1. The minimum absolute atomic E-state index is 0.00457. The van der Waals surface area contributed by atoms with Gasteiger partial charge in [0.05, 0.1) is 18.8 Å². The van der Waals surface area contributed by atoms with Crippen molar-refractivity contribution in [1.29, 1.82) is 0 Å². The molecule has 3 atom stereocenters. The molecule has 2 heterocycles. The molecule has 4 N–H and O–H groups in total. The first-order chi connectivity index (χ1) is 19.5. The van der Waals surface area contributed by atoms with Crippen LogP contribution in [0.4, 0.5) is 0 Å². The predicted molar refractivity (Wildman–Crippen MR) is 149 cm³/mol. The van der Waals surface area contributed by atoms with E-state index in [1.54, 1.807) is 11.8 Å². The summed E-state index contributed by atoms with van der Waals surface area (Å²) in [4.78, 5) is 26.9. The second-order valence-corrected chi connectivity index (χ2v) is 10.8. The van der Waals surface area contributed by atoms with E-state index in [0.29, 0.717) is 31.6 Å². The molecule has 0 radical (unpaired) electrons. The highest BCUT2D eigenvalue weighted by Crippen LogP contribution is 2.39. The molecule has 0 unspecified atom stereocenters. The normalized spacial score (nSPS) is 18.9. The maximum Gasteiger partial charge on any atom is 0.303 e. The molecule has 1 aromatic heterocycles. The minimum atomic E-state index is -0.777. The average molecular weight is 569 g/mol. The molecule has 10 nitrogen and oxygen atoms in total. The number of hydrogen-bond donors (Lipinski definition) is 4. The number of carbonyl (C=O) groups excluding carboxylic acids is 1. The number of rotatable bonds is 15. The number of unbranched alkanes of at least 4 members (excludes halogenated alkanes) is 3. The minimum Gasteiger partial charge on any atom is -0.481 e. The van der Waals surface area contributed by atoms with Crippen LogP contribution >= 0.6 is 11.8 Å². The van der Waals surface area contributed by atoms with Crippen LogP contribution in [-0.2, 0) is 32.2 Å². The highest BCUT2D eigenvalue weighted by Gasteiger charge is 2.32. The van der Waals surface area contributed by atoms with Gasteiger partial charge in [-0.15, -0.1) is 0 Å². The quantitative estimate of drug-likeness (QED) is 0.152. The van der Waals surface area contributed by atoms with Gasteiger partial charge in [-0.2, -0.15) is 5.10 Å². The van der Waals surface area contributed by atoms with Crippen molar-refractivity contribution in [3.05, 3.63) is 77.1 Å². The lowest BCUT2D eigenvalue weighted by Gasteiger charge is -2.36. The maximum absolute atomic E-state index is 12.2. The zero-order valence-corrected chi connectivity index (χ0v) is 23.1. The van der Waals surface area contributed by atoms with Crippen molar-refractivity contribution in [3.63, 3.8) is 0 Å². The van der Waals surface area contributed by atoms with Gasteiger partial charge in [0.2, 0.25) is 5.91 Å². The summed E-state index contributed by atoms with van der Waals surface area (Å²) in [5.74, 6) is -0.104. The molecule has 11 heteroatoms. The van der Waals surface area contributed by atoms with Crippen LogP contribution in [0.2, 0.25) is 0 Å². The lowest BCUT2D eigenvalue weighted by Crippen LogP contribution is -2.31. The largest absolute Gasteiger partial charge is 0.481 e. The predicted octanol–water partition coefficient (Wildman–Crippen LogP) is 4.68. The highest BCUT2D eigenvalue weighted by molar-refractivity contribution is 7.99. The van der Waals surface area contributed by atoms with E-state index in [-0.39, 0.29) is 31.1 Å². The number of aliphatic hydroxyl groups excluding tert-OH is 1. The number of ether oxygens (including phenoxy) is 2. The van der Waals surface area contributed by atoms with Gasteiger partial charge in [-0.1, -0.05) is 73.1 Å². The summed E-state index contributed by atoms with van der Waals surface area (Å²) in [7, 11) is 0. The first kappa shape index (κ1) is 29.7. The fraction of sp³-hybridized carbons (Fsp3) is 0.448. The summed E-state index contributed by atoms with van der Waals surface area (Å²) in [6, 6.07) is 15.6. The van der Waals surface area contributed by atoms with Crippen LogP contribution < -0.4 is 5.32 Å². The molecule has 0 spiro atoms. The van der Waals surface area contributed by atoms with E-state index >= 15 is 0 Å². The Morgan fingerprint density at radius 1 is 0.950 bits per heavy atom. The van der Waals surface area contributed by atoms with E-state index in [1.165, 1.54) is 6.33 Å². The van der Waals surface area contributed by atoms with Crippen LogP contribution in [0, 0.1) is 0 Å². The molecule has 1 fully saturated rings. The molecule has 0 saturated carbocycles. The number of carboxylic acid groups (broad SMARTS) is 1. The monoisotopic (exact) mass is 568 g/mol. The summed E-state index contributed by atoms with van der Waals surface area (Å²) >= 11 is 1.55. The van der Waals surface area contributed by atoms with E-state index < -0.39 is 12.3 Å². The Labute approximate surface area is 237 Å². The van der Waals surface area contributed by atoms with Gasteiger partial charge >= 0.3 is 5.97 Å². The van der Waals surface area contributed by atoms with Crippen LogP contribution in [0.25, 0.3) is 0 Å². The number of aliphatic carboxylic acids is 1. The standard InChI is InChI=1S/C29H36N4O6S/c34-17-21-9-11-22(12-10-21)25-15-24(18-40-29-31-19-32-33-29)38-28(39-25)23-13-7-20(8-14-23)16-30-26(35)5-3-1-2-4-6-27(36)37/h7-14,19,24-25,28,34H,1-6,15-18H2,(H,30,35)(H,36,37)(H,31,32,33)/t24-,25+,28+/m1/s1. The Balaban J connectivity index is 1.31. The third kappa shape index (κ3) is 9.44. The number of carboxylic acids is 1. The Hall–Kier alpha value is -3.25. The Morgan fingerprint density at radius 2 is 1.65 bits per heavy atom. The number of H-pyrrole nitrogens is 1. The van der Waals surface area contributed by atoms with Crippen molar-refractivity contribution in [3.8, 4) is 0 Å². The molecule has 40 heavy (non-hydrogen) atoms. The summed E-state index contributed by atoms with van der Waals surface area (Å²) in [5.41, 5.74) is 3.75. The zero-order chi connectivity index (χ0) is 28.2. The molecular formula is C29H36N4O6S. The molecule has 0 bridgehead atoms. The molecule has 3 aromatic rings. The fourth-order valence-electron chi connectivity index (χ4n) is 4.46. The summed E-state index contributed by atoms with van der Waals surface area (Å²) in [6.07, 6.45) is 5.04. The molecule has 2 aromatic carbocycles. The first-order valence-corrected chi connectivity index (χ1v) is 14.5. The lowest BCUT2D eigenvalue weighted by molar-refractivity contribution is -0.245. The summed E-state index contributed by atoms with van der Waals surface area (Å²) < 4.78 is 12.7. The number of hydrogen-bond acceptors (Lipinski definition) is 8. The number of aromatic amines is 1. The van der Waals surface area contributed by atoms with Crippen molar-refractivity contribution in [2.75, 3.05) is 5.75 Å². The van der Waals surface area contributed by atoms with Crippen molar-refractivity contribution < 1.29 is 29.3 Å². The topological polar surface area (TPSA) is 147 Å². The van der Waals surface area contributed by atoms with E-state index in [0.717, 1.165) is 46.7 Å². The Morgan fingerprint density at radius 3 is 2.33 bits per heavy atom. The van der Waals surface area contributed by atoms with Gasteiger partial charge < -0.3 is 25.0 Å². The number of nitrogens with one attached hydrogen (secondary N) is 2. The van der Waals surface area contributed by atoms with Gasteiger partial charge in [-0.3, -0.25) is 14.7 Å². The van der Waals surface area contributed by atoms with E-state index in [4.69, 9.17) is 14.6 Å². The lowest BCUT2D eigenvalue weighted by atomic mass is 10.0. The molecule has 1 aliphatic heterocycles. The van der Waals surface area contributed by atoms with Gasteiger partial charge in [0.1, 0.15) is 6.33 Å². The average Bonchev–Trinajstić information content (AvgIpc) is 3.51. The molecule has 214 valence electrons. The van der Waals surface area contributed by atoms with Crippen molar-refractivity contribution in [1.82, 2.24) is 20.5 Å². The number of carbonyl (C=O) groups is 2. The number of nitrogens with zero attached hydrogens (tertiary/aromatic N) is 2. The zero-order valence-electron chi connectivity index (χ0n) is 22.3.